The molecule has 0 N–H and O–H groups in total. The molecule has 1 heterocycles. The highest BCUT2D eigenvalue weighted by molar-refractivity contribution is 9.10. The lowest BCUT2D eigenvalue weighted by atomic mass is 9.62. The Hall–Kier alpha value is -1.90. The Kier molecular flexibility index (Phi) is 4.49. The predicted octanol–water partition coefficient (Wildman–Crippen LogP) is 8.90. The summed E-state index contributed by atoms with van der Waals surface area (Å²) < 4.78 is 1.20. The summed E-state index contributed by atoms with van der Waals surface area (Å²) in [6.07, 6.45) is 4.81. The summed E-state index contributed by atoms with van der Waals surface area (Å²) in [6.45, 7) is 9.54. The Morgan fingerprint density at radius 3 is 2.07 bits per heavy atom. The smallest absolute Gasteiger partial charge is 0.0348 e. The van der Waals surface area contributed by atoms with Crippen LogP contribution in [0.15, 0.2) is 69.5 Å². The maximum Gasteiger partial charge on any atom is 0.0348 e. The second-order valence-electron chi connectivity index (χ2n) is 8.99. The van der Waals surface area contributed by atoms with Gasteiger partial charge in [0.15, 0.2) is 0 Å². The highest BCUT2D eigenvalue weighted by atomic mass is 79.9. The van der Waals surface area contributed by atoms with Gasteiger partial charge in [0.05, 0.1) is 0 Å². The number of benzene rings is 2. The summed E-state index contributed by atoms with van der Waals surface area (Å²) in [5.41, 5.74) is 10.1. The summed E-state index contributed by atoms with van der Waals surface area (Å²) in [5, 5.41) is 2.17. The van der Waals surface area contributed by atoms with Crippen molar-refractivity contribution in [1.82, 2.24) is 0 Å². The van der Waals surface area contributed by atoms with Crippen molar-refractivity contribution in [3.05, 3.63) is 91.8 Å². The molecule has 0 saturated carbocycles. The summed E-state index contributed by atoms with van der Waals surface area (Å²) >= 11 is 5.59. The van der Waals surface area contributed by atoms with Crippen LogP contribution in [0.3, 0.4) is 0 Å². The molecule has 0 amide bonds. The fourth-order valence-corrected chi connectivity index (χ4v) is 7.12. The molecule has 5 rings (SSSR count). The number of thiophene rings is 1. The topological polar surface area (TPSA) is 0 Å². The van der Waals surface area contributed by atoms with Crippen molar-refractivity contribution in [3.63, 3.8) is 0 Å². The minimum atomic E-state index is 0.0759. The quantitative estimate of drug-likeness (QED) is 0.365. The molecule has 0 radical (unpaired) electrons. The van der Waals surface area contributed by atoms with Crippen molar-refractivity contribution in [2.24, 2.45) is 5.41 Å². The maximum atomic E-state index is 3.77. The lowest BCUT2D eigenvalue weighted by Gasteiger charge is -2.41. The first kappa shape index (κ1) is 19.1. The van der Waals surface area contributed by atoms with Gasteiger partial charge in [-0.2, -0.15) is 0 Å². The number of rotatable bonds is 3. The standard InChI is InChI=1S/C27H25BrS/c1-16-14-21-18(24-12-7-13-29-24)8-5-9-19(21)25(16)27(3,4)26-17(2)15-22-20(26)10-6-11-23(22)28/h5-15,25-26H,1-4H3. The largest absolute Gasteiger partial charge is 0.144 e. The molecule has 0 saturated heterocycles. The molecule has 29 heavy (non-hydrogen) atoms. The third-order valence-electron chi connectivity index (χ3n) is 6.78. The fraction of sp³-hybridized carbons (Fsp3) is 0.259. The third-order valence-corrected chi connectivity index (χ3v) is 8.37. The lowest BCUT2D eigenvalue weighted by molar-refractivity contribution is 0.275. The van der Waals surface area contributed by atoms with Crippen LogP contribution in [0.1, 0.15) is 61.8 Å². The SMILES string of the molecule is CC1=Cc2c(Br)cccc2C1C(C)(C)C1C(C)=Cc2c(-c3cccs3)cccc21. The van der Waals surface area contributed by atoms with Gasteiger partial charge in [0.1, 0.15) is 0 Å². The molecular weight excluding hydrogens is 436 g/mol. The molecule has 1 aromatic heterocycles. The highest BCUT2D eigenvalue weighted by Gasteiger charge is 2.45. The Morgan fingerprint density at radius 1 is 0.793 bits per heavy atom. The van der Waals surface area contributed by atoms with Gasteiger partial charge in [-0.3, -0.25) is 0 Å². The first-order chi connectivity index (χ1) is 13.9. The van der Waals surface area contributed by atoms with Gasteiger partial charge in [-0.15, -0.1) is 11.3 Å². The van der Waals surface area contributed by atoms with E-state index in [9.17, 15) is 0 Å². The van der Waals surface area contributed by atoms with Crippen molar-refractivity contribution in [1.29, 1.82) is 0 Å². The van der Waals surface area contributed by atoms with Gasteiger partial charge >= 0.3 is 0 Å². The van der Waals surface area contributed by atoms with Crippen LogP contribution in [0.5, 0.6) is 0 Å². The normalized spacial score (nSPS) is 20.3. The van der Waals surface area contributed by atoms with Crippen LogP contribution in [0.2, 0.25) is 0 Å². The first-order valence-electron chi connectivity index (χ1n) is 10.2. The molecular formula is C27H25BrS. The minimum absolute atomic E-state index is 0.0759. The zero-order valence-corrected chi connectivity index (χ0v) is 19.7. The molecule has 2 heteroatoms. The number of hydrogen-bond acceptors (Lipinski definition) is 1. The van der Waals surface area contributed by atoms with Crippen LogP contribution in [-0.2, 0) is 0 Å². The van der Waals surface area contributed by atoms with Gasteiger partial charge < -0.3 is 0 Å². The van der Waals surface area contributed by atoms with Crippen LogP contribution >= 0.6 is 27.3 Å². The van der Waals surface area contributed by atoms with E-state index in [2.05, 4.69) is 110 Å². The van der Waals surface area contributed by atoms with E-state index in [1.807, 2.05) is 11.3 Å². The number of fused-ring (bicyclic) bond motifs is 2. The lowest BCUT2D eigenvalue weighted by Crippen LogP contribution is -2.29. The monoisotopic (exact) mass is 460 g/mol. The van der Waals surface area contributed by atoms with Crippen molar-refractivity contribution in [2.45, 2.75) is 39.5 Å². The summed E-state index contributed by atoms with van der Waals surface area (Å²) in [6, 6.07) is 17.9. The van der Waals surface area contributed by atoms with Crippen molar-refractivity contribution < 1.29 is 0 Å². The average Bonchev–Trinajstić information content (AvgIpc) is 3.37. The minimum Gasteiger partial charge on any atom is -0.144 e. The van der Waals surface area contributed by atoms with Crippen LogP contribution in [0, 0.1) is 5.41 Å². The van der Waals surface area contributed by atoms with Gasteiger partial charge in [-0.05, 0) is 64.6 Å². The van der Waals surface area contributed by atoms with Crippen molar-refractivity contribution >= 4 is 39.4 Å². The van der Waals surface area contributed by atoms with E-state index in [1.54, 1.807) is 0 Å². The average molecular weight is 461 g/mol. The van der Waals surface area contributed by atoms with Gasteiger partial charge in [0.25, 0.3) is 0 Å². The zero-order chi connectivity index (χ0) is 20.3. The van der Waals surface area contributed by atoms with Crippen LogP contribution < -0.4 is 0 Å². The fourth-order valence-electron chi connectivity index (χ4n) is 5.85. The van der Waals surface area contributed by atoms with Crippen LogP contribution in [0.25, 0.3) is 22.6 Å². The first-order valence-corrected chi connectivity index (χ1v) is 11.9. The Labute approximate surface area is 186 Å². The van der Waals surface area contributed by atoms with E-state index in [4.69, 9.17) is 0 Å². The molecule has 2 aliphatic carbocycles. The molecule has 3 aromatic rings. The molecule has 0 fully saturated rings. The van der Waals surface area contributed by atoms with Gasteiger partial charge in [-0.1, -0.05) is 89.5 Å². The van der Waals surface area contributed by atoms with Gasteiger partial charge in [0, 0.05) is 21.2 Å². The van der Waals surface area contributed by atoms with E-state index in [1.165, 1.54) is 48.3 Å². The van der Waals surface area contributed by atoms with E-state index in [0.717, 1.165) is 0 Å². The molecule has 2 atom stereocenters. The number of halogens is 1. The zero-order valence-electron chi connectivity index (χ0n) is 17.3. The van der Waals surface area contributed by atoms with Gasteiger partial charge in [0.2, 0.25) is 0 Å². The molecule has 0 bridgehead atoms. The number of hydrogen-bond donors (Lipinski definition) is 0. The summed E-state index contributed by atoms with van der Waals surface area (Å²) in [4.78, 5) is 1.36. The molecule has 2 aromatic carbocycles. The van der Waals surface area contributed by atoms with Crippen molar-refractivity contribution in [2.75, 3.05) is 0 Å². The Balaban J connectivity index is 1.64. The number of allylic oxidation sites excluding steroid dienone is 2. The molecule has 0 nitrogen and oxygen atoms in total. The molecule has 146 valence electrons. The molecule has 2 aliphatic rings. The van der Waals surface area contributed by atoms with Crippen molar-refractivity contribution in [3.8, 4) is 10.4 Å². The second-order valence-corrected chi connectivity index (χ2v) is 10.8. The van der Waals surface area contributed by atoms with Gasteiger partial charge in [-0.25, -0.2) is 0 Å². The van der Waals surface area contributed by atoms with Crippen LogP contribution in [-0.4, -0.2) is 0 Å². The maximum absolute atomic E-state index is 3.77. The Morgan fingerprint density at radius 2 is 1.41 bits per heavy atom. The van der Waals surface area contributed by atoms with E-state index >= 15 is 0 Å². The second kappa shape index (κ2) is 6.82. The summed E-state index contributed by atoms with van der Waals surface area (Å²) in [7, 11) is 0. The predicted molar refractivity (Wildman–Crippen MR) is 130 cm³/mol. The third kappa shape index (κ3) is 2.84. The van der Waals surface area contributed by atoms with E-state index < -0.39 is 0 Å². The molecule has 2 unspecified atom stereocenters. The van der Waals surface area contributed by atoms with Crippen LogP contribution in [0.4, 0.5) is 0 Å². The Bertz CT molecular complexity index is 1160. The molecule has 0 spiro atoms. The summed E-state index contributed by atoms with van der Waals surface area (Å²) in [5.74, 6) is 0.829. The van der Waals surface area contributed by atoms with E-state index in [-0.39, 0.29) is 5.41 Å². The molecule has 0 aliphatic heterocycles. The highest BCUT2D eigenvalue weighted by Crippen LogP contribution is 2.59. The van der Waals surface area contributed by atoms with E-state index in [0.29, 0.717) is 11.8 Å².